The first-order valence-electron chi connectivity index (χ1n) is 6.27. The fourth-order valence-electron chi connectivity index (χ4n) is 2.86. The van der Waals surface area contributed by atoms with Crippen LogP contribution >= 0.6 is 0 Å². The average Bonchev–Trinajstić information content (AvgIpc) is 2.80. The zero-order valence-electron chi connectivity index (χ0n) is 9.61. The third-order valence-electron chi connectivity index (χ3n) is 4.16. The van der Waals surface area contributed by atoms with Crippen molar-refractivity contribution in [1.29, 1.82) is 0 Å². The Morgan fingerprint density at radius 1 is 1.25 bits per heavy atom. The highest BCUT2D eigenvalue weighted by atomic mass is 16.5. The fraction of sp³-hybridized carbons (Fsp3) is 0.917. The van der Waals surface area contributed by atoms with Gasteiger partial charge in [-0.15, -0.1) is 0 Å². The van der Waals surface area contributed by atoms with Crippen LogP contribution in [0.5, 0.6) is 0 Å². The number of hydrogen-bond donors (Lipinski definition) is 0. The van der Waals surface area contributed by atoms with Gasteiger partial charge in [-0.1, -0.05) is 0 Å². The first-order valence-corrected chi connectivity index (χ1v) is 6.27. The lowest BCUT2D eigenvalue weighted by molar-refractivity contribution is -0.158. The van der Waals surface area contributed by atoms with Crippen molar-refractivity contribution in [2.75, 3.05) is 32.9 Å². The summed E-state index contributed by atoms with van der Waals surface area (Å²) in [4.78, 5) is 14.1. The molecule has 1 amide bonds. The van der Waals surface area contributed by atoms with Crippen molar-refractivity contribution in [3.63, 3.8) is 0 Å². The van der Waals surface area contributed by atoms with Crippen LogP contribution in [0.4, 0.5) is 0 Å². The van der Waals surface area contributed by atoms with Crippen LogP contribution < -0.4 is 0 Å². The molecule has 1 atom stereocenters. The maximum atomic E-state index is 12.1. The van der Waals surface area contributed by atoms with Gasteiger partial charge in [-0.25, -0.2) is 0 Å². The van der Waals surface area contributed by atoms with Crippen LogP contribution in [-0.4, -0.2) is 49.8 Å². The summed E-state index contributed by atoms with van der Waals surface area (Å²) >= 11 is 0. The first kappa shape index (κ1) is 10.5. The number of likely N-dealkylation sites (tertiary alicyclic amines) is 1. The van der Waals surface area contributed by atoms with Gasteiger partial charge in [0, 0.05) is 25.1 Å². The number of amides is 1. The van der Waals surface area contributed by atoms with Crippen molar-refractivity contribution < 1.29 is 14.3 Å². The molecule has 0 radical (unpaired) electrons. The lowest BCUT2D eigenvalue weighted by Crippen LogP contribution is -2.53. The molecule has 16 heavy (non-hydrogen) atoms. The van der Waals surface area contributed by atoms with Crippen molar-refractivity contribution >= 4 is 5.91 Å². The molecule has 0 aromatic heterocycles. The topological polar surface area (TPSA) is 38.8 Å². The molecule has 4 nitrogen and oxygen atoms in total. The number of piperidine rings is 1. The maximum absolute atomic E-state index is 12.1. The SMILES string of the molecule is O=C([C@H]1CCCO1)N1CCC2(CC1)COC2. The van der Waals surface area contributed by atoms with E-state index < -0.39 is 0 Å². The molecular formula is C12H19NO3. The van der Waals surface area contributed by atoms with Crippen molar-refractivity contribution in [3.8, 4) is 0 Å². The Balaban J connectivity index is 1.54. The van der Waals surface area contributed by atoms with Crippen LogP contribution in [0.2, 0.25) is 0 Å². The maximum Gasteiger partial charge on any atom is 0.251 e. The molecule has 3 rings (SSSR count). The number of rotatable bonds is 1. The molecule has 3 aliphatic rings. The van der Waals surface area contributed by atoms with E-state index in [4.69, 9.17) is 9.47 Å². The van der Waals surface area contributed by atoms with Crippen LogP contribution in [0.3, 0.4) is 0 Å². The summed E-state index contributed by atoms with van der Waals surface area (Å²) in [5, 5.41) is 0. The van der Waals surface area contributed by atoms with Gasteiger partial charge in [-0.2, -0.15) is 0 Å². The second-order valence-electron chi connectivity index (χ2n) is 5.32. The Kier molecular flexibility index (Phi) is 2.64. The Morgan fingerprint density at radius 3 is 2.50 bits per heavy atom. The molecule has 90 valence electrons. The summed E-state index contributed by atoms with van der Waals surface area (Å²) in [6, 6.07) is 0. The molecule has 3 heterocycles. The van der Waals surface area contributed by atoms with Gasteiger partial charge in [0.25, 0.3) is 5.91 Å². The Bertz CT molecular complexity index is 272. The molecular weight excluding hydrogens is 206 g/mol. The average molecular weight is 225 g/mol. The lowest BCUT2D eigenvalue weighted by atomic mass is 9.77. The number of nitrogens with zero attached hydrogens (tertiary/aromatic N) is 1. The molecule has 1 spiro atoms. The quantitative estimate of drug-likeness (QED) is 0.662. The summed E-state index contributed by atoms with van der Waals surface area (Å²) < 4.78 is 10.7. The van der Waals surface area contributed by atoms with E-state index in [1.54, 1.807) is 0 Å². The normalized spacial score (nSPS) is 32.8. The van der Waals surface area contributed by atoms with E-state index in [1.165, 1.54) is 0 Å². The highest BCUT2D eigenvalue weighted by molar-refractivity contribution is 5.81. The molecule has 0 unspecified atom stereocenters. The predicted octanol–water partition coefficient (Wildman–Crippen LogP) is 0.804. The van der Waals surface area contributed by atoms with E-state index in [-0.39, 0.29) is 12.0 Å². The molecule has 3 saturated heterocycles. The second-order valence-corrected chi connectivity index (χ2v) is 5.32. The largest absolute Gasteiger partial charge is 0.380 e. The zero-order chi connectivity index (χ0) is 11.0. The lowest BCUT2D eigenvalue weighted by Gasteiger charge is -2.47. The Morgan fingerprint density at radius 2 is 2.00 bits per heavy atom. The van der Waals surface area contributed by atoms with Gasteiger partial charge >= 0.3 is 0 Å². The minimum absolute atomic E-state index is 0.147. The molecule has 3 fully saturated rings. The number of hydrogen-bond acceptors (Lipinski definition) is 3. The minimum atomic E-state index is -0.147. The standard InChI is InChI=1S/C12H19NO3/c14-11(10-2-1-7-16-10)13-5-3-12(4-6-13)8-15-9-12/h10H,1-9H2/t10-/m1/s1. The number of ether oxygens (including phenoxy) is 2. The van der Waals surface area contributed by atoms with Crippen molar-refractivity contribution in [2.24, 2.45) is 5.41 Å². The van der Waals surface area contributed by atoms with E-state index >= 15 is 0 Å². The van der Waals surface area contributed by atoms with E-state index in [1.807, 2.05) is 4.90 Å². The zero-order valence-corrected chi connectivity index (χ0v) is 9.61. The van der Waals surface area contributed by atoms with Crippen LogP contribution in [0.1, 0.15) is 25.7 Å². The minimum Gasteiger partial charge on any atom is -0.380 e. The van der Waals surface area contributed by atoms with E-state index in [0.717, 1.165) is 58.6 Å². The highest BCUT2D eigenvalue weighted by Gasteiger charge is 2.42. The second kappa shape index (κ2) is 4.00. The Hall–Kier alpha value is -0.610. The van der Waals surface area contributed by atoms with Crippen LogP contribution in [0.15, 0.2) is 0 Å². The molecule has 0 aromatic carbocycles. The van der Waals surface area contributed by atoms with Gasteiger partial charge in [-0.05, 0) is 25.7 Å². The van der Waals surface area contributed by atoms with Crippen LogP contribution in [0, 0.1) is 5.41 Å². The van der Waals surface area contributed by atoms with Gasteiger partial charge in [0.1, 0.15) is 6.10 Å². The van der Waals surface area contributed by atoms with Crippen LogP contribution in [0.25, 0.3) is 0 Å². The van der Waals surface area contributed by atoms with Crippen molar-refractivity contribution in [3.05, 3.63) is 0 Å². The molecule has 4 heteroatoms. The number of carbonyl (C=O) groups excluding carboxylic acids is 1. The summed E-state index contributed by atoms with van der Waals surface area (Å²) in [6.45, 7) is 4.33. The van der Waals surface area contributed by atoms with Gasteiger partial charge in [0.05, 0.1) is 13.2 Å². The molecule has 0 aliphatic carbocycles. The summed E-state index contributed by atoms with van der Waals surface area (Å²) in [5.74, 6) is 0.215. The number of carbonyl (C=O) groups is 1. The molecule has 3 aliphatic heterocycles. The van der Waals surface area contributed by atoms with Gasteiger partial charge in [-0.3, -0.25) is 4.79 Å². The summed E-state index contributed by atoms with van der Waals surface area (Å²) in [5.41, 5.74) is 0.410. The van der Waals surface area contributed by atoms with E-state index in [0.29, 0.717) is 5.41 Å². The van der Waals surface area contributed by atoms with Crippen LogP contribution in [-0.2, 0) is 14.3 Å². The highest BCUT2D eigenvalue weighted by Crippen LogP contribution is 2.38. The van der Waals surface area contributed by atoms with Crippen molar-refractivity contribution in [1.82, 2.24) is 4.90 Å². The fourth-order valence-corrected chi connectivity index (χ4v) is 2.86. The smallest absolute Gasteiger partial charge is 0.251 e. The summed E-state index contributed by atoms with van der Waals surface area (Å²) in [6.07, 6.45) is 3.99. The molecule has 0 aromatic rings. The molecule has 0 N–H and O–H groups in total. The third-order valence-corrected chi connectivity index (χ3v) is 4.16. The van der Waals surface area contributed by atoms with Crippen molar-refractivity contribution in [2.45, 2.75) is 31.8 Å². The summed E-state index contributed by atoms with van der Waals surface area (Å²) in [7, 11) is 0. The predicted molar refractivity (Wildman–Crippen MR) is 58.0 cm³/mol. The molecule has 0 saturated carbocycles. The Labute approximate surface area is 95.9 Å². The molecule has 0 bridgehead atoms. The third kappa shape index (κ3) is 1.74. The van der Waals surface area contributed by atoms with Gasteiger partial charge < -0.3 is 14.4 Å². The van der Waals surface area contributed by atoms with Gasteiger partial charge in [0.15, 0.2) is 0 Å². The van der Waals surface area contributed by atoms with Gasteiger partial charge in [0.2, 0.25) is 0 Å². The van der Waals surface area contributed by atoms with E-state index in [2.05, 4.69) is 0 Å². The van der Waals surface area contributed by atoms with E-state index in [9.17, 15) is 4.79 Å². The monoisotopic (exact) mass is 225 g/mol. The first-order chi connectivity index (χ1) is 7.79.